The molecule has 2 N–H and O–H groups in total. The average Bonchev–Trinajstić information content (AvgIpc) is 3.31. The number of nitrogens with one attached hydrogen (secondary N) is 1. The van der Waals surface area contributed by atoms with Gasteiger partial charge in [-0.25, -0.2) is 4.68 Å². The zero-order chi connectivity index (χ0) is 17.2. The molecule has 1 aromatic carbocycles. The van der Waals surface area contributed by atoms with Gasteiger partial charge in [0, 0.05) is 43.0 Å². The van der Waals surface area contributed by atoms with Crippen molar-refractivity contribution < 1.29 is 5.11 Å². The molecule has 6 nitrogen and oxygen atoms in total. The van der Waals surface area contributed by atoms with Crippen molar-refractivity contribution >= 4 is 0 Å². The minimum absolute atomic E-state index is 0.229. The fraction of sp³-hybridized carbons (Fsp3) is 0.368. The molecule has 0 radical (unpaired) electrons. The number of β-amino-alcohol motifs (C(OH)–C–C–N with tert-alkyl or cyclic N) is 1. The van der Waals surface area contributed by atoms with Gasteiger partial charge >= 0.3 is 0 Å². The third-order valence-corrected chi connectivity index (χ3v) is 4.78. The molecule has 4 rings (SSSR count). The Bertz CT molecular complexity index is 825. The van der Waals surface area contributed by atoms with Crippen LogP contribution in [0.2, 0.25) is 0 Å². The molecule has 0 aliphatic carbocycles. The first-order valence-corrected chi connectivity index (χ1v) is 8.67. The molecule has 2 atom stereocenters. The number of nitrogens with zero attached hydrogens (tertiary/aromatic N) is 4. The number of hydrogen-bond acceptors (Lipinski definition) is 4. The molecule has 0 unspecified atom stereocenters. The molecule has 3 heterocycles. The lowest BCUT2D eigenvalue weighted by atomic mass is 10.0. The summed E-state index contributed by atoms with van der Waals surface area (Å²) in [7, 11) is 0. The fourth-order valence-electron chi connectivity index (χ4n) is 3.54. The van der Waals surface area contributed by atoms with Crippen molar-refractivity contribution in [3.05, 3.63) is 65.7 Å². The van der Waals surface area contributed by atoms with Crippen LogP contribution in [0, 0.1) is 12.8 Å². The maximum atomic E-state index is 10.4. The Morgan fingerprint density at radius 1 is 1.24 bits per heavy atom. The van der Waals surface area contributed by atoms with Crippen molar-refractivity contribution in [3.8, 4) is 5.69 Å². The smallest absolute Gasteiger partial charge is 0.0711 e. The number of benzene rings is 1. The Kier molecular flexibility index (Phi) is 4.38. The summed E-state index contributed by atoms with van der Waals surface area (Å²) in [5, 5.41) is 22.1. The molecule has 2 aromatic heterocycles. The lowest BCUT2D eigenvalue weighted by Gasteiger charge is -2.13. The van der Waals surface area contributed by atoms with E-state index in [1.807, 2.05) is 48.1 Å². The Balaban J connectivity index is 1.38. The van der Waals surface area contributed by atoms with Gasteiger partial charge in [-0.05, 0) is 31.5 Å². The van der Waals surface area contributed by atoms with Crippen LogP contribution < -0.4 is 0 Å². The standard InChI is InChI=1S/C19H23N5O/c1-14-7-17(22-21-14)8-16-12-23(13-19(16)25)10-15-9-20-24(11-15)18-5-3-2-4-6-18/h2-7,9,11,16,19,25H,8,10,12-13H2,1H3,(H,21,22)/t16-,19-/m1/s1. The summed E-state index contributed by atoms with van der Waals surface area (Å²) in [6, 6.07) is 12.2. The van der Waals surface area contributed by atoms with Gasteiger partial charge in [0.1, 0.15) is 0 Å². The number of H-pyrrole nitrogens is 1. The van der Waals surface area contributed by atoms with E-state index in [0.717, 1.165) is 42.1 Å². The lowest BCUT2D eigenvalue weighted by molar-refractivity contribution is 0.140. The number of aromatic nitrogens is 4. The Morgan fingerprint density at radius 2 is 2.08 bits per heavy atom. The van der Waals surface area contributed by atoms with Gasteiger partial charge in [0.05, 0.1) is 23.7 Å². The summed E-state index contributed by atoms with van der Waals surface area (Å²) < 4.78 is 1.89. The number of aryl methyl sites for hydroxylation is 1. The monoisotopic (exact) mass is 337 g/mol. The summed E-state index contributed by atoms with van der Waals surface area (Å²) in [5.41, 5.74) is 4.31. The maximum Gasteiger partial charge on any atom is 0.0711 e. The second-order valence-electron chi connectivity index (χ2n) is 6.90. The van der Waals surface area contributed by atoms with Gasteiger partial charge < -0.3 is 5.11 Å². The van der Waals surface area contributed by atoms with Gasteiger partial charge in [-0.3, -0.25) is 10.00 Å². The van der Waals surface area contributed by atoms with Crippen molar-refractivity contribution in [3.63, 3.8) is 0 Å². The summed E-state index contributed by atoms with van der Waals surface area (Å²) in [6.07, 6.45) is 4.47. The van der Waals surface area contributed by atoms with Crippen LogP contribution >= 0.6 is 0 Å². The van der Waals surface area contributed by atoms with E-state index in [1.54, 1.807) is 0 Å². The average molecular weight is 337 g/mol. The second-order valence-corrected chi connectivity index (χ2v) is 6.90. The fourth-order valence-corrected chi connectivity index (χ4v) is 3.54. The number of aromatic amines is 1. The lowest BCUT2D eigenvalue weighted by Crippen LogP contribution is -2.21. The van der Waals surface area contributed by atoms with E-state index in [9.17, 15) is 5.11 Å². The summed E-state index contributed by atoms with van der Waals surface area (Å²) in [5.74, 6) is 0.229. The molecular formula is C19H23N5O. The highest BCUT2D eigenvalue weighted by Crippen LogP contribution is 2.23. The van der Waals surface area contributed by atoms with E-state index in [-0.39, 0.29) is 12.0 Å². The van der Waals surface area contributed by atoms with E-state index in [1.165, 1.54) is 0 Å². The van der Waals surface area contributed by atoms with Crippen LogP contribution in [0.3, 0.4) is 0 Å². The first kappa shape index (κ1) is 16.1. The molecule has 0 bridgehead atoms. The molecule has 1 aliphatic heterocycles. The van der Waals surface area contributed by atoms with Gasteiger partial charge in [0.25, 0.3) is 0 Å². The van der Waals surface area contributed by atoms with E-state index >= 15 is 0 Å². The molecule has 0 saturated carbocycles. The second kappa shape index (κ2) is 6.82. The first-order chi connectivity index (χ1) is 12.2. The zero-order valence-corrected chi connectivity index (χ0v) is 14.3. The highest BCUT2D eigenvalue weighted by Gasteiger charge is 2.31. The zero-order valence-electron chi connectivity index (χ0n) is 14.3. The van der Waals surface area contributed by atoms with Crippen molar-refractivity contribution in [2.24, 2.45) is 5.92 Å². The highest BCUT2D eigenvalue weighted by atomic mass is 16.3. The minimum Gasteiger partial charge on any atom is -0.391 e. The molecule has 130 valence electrons. The normalized spacial score (nSPS) is 21.0. The topological polar surface area (TPSA) is 70.0 Å². The molecular weight excluding hydrogens is 314 g/mol. The maximum absolute atomic E-state index is 10.4. The number of aliphatic hydroxyl groups is 1. The van der Waals surface area contributed by atoms with E-state index in [0.29, 0.717) is 6.54 Å². The van der Waals surface area contributed by atoms with Crippen LogP contribution in [-0.2, 0) is 13.0 Å². The van der Waals surface area contributed by atoms with Crippen LogP contribution in [0.4, 0.5) is 0 Å². The van der Waals surface area contributed by atoms with Gasteiger partial charge in [-0.1, -0.05) is 18.2 Å². The van der Waals surface area contributed by atoms with Crippen LogP contribution in [0.25, 0.3) is 5.69 Å². The summed E-state index contributed by atoms with van der Waals surface area (Å²) in [6.45, 7) is 4.38. The van der Waals surface area contributed by atoms with E-state index < -0.39 is 0 Å². The van der Waals surface area contributed by atoms with Crippen molar-refractivity contribution in [1.29, 1.82) is 0 Å². The molecule has 0 amide bonds. The van der Waals surface area contributed by atoms with Gasteiger partial charge in [-0.15, -0.1) is 0 Å². The molecule has 1 fully saturated rings. The Morgan fingerprint density at radius 3 is 2.84 bits per heavy atom. The van der Waals surface area contributed by atoms with E-state index in [2.05, 4.69) is 32.5 Å². The van der Waals surface area contributed by atoms with Crippen molar-refractivity contribution in [2.45, 2.75) is 26.0 Å². The Hall–Kier alpha value is -2.44. The predicted molar refractivity (Wildman–Crippen MR) is 95.4 cm³/mol. The molecule has 25 heavy (non-hydrogen) atoms. The SMILES string of the molecule is Cc1cc(C[C@@H]2CN(Cc3cnn(-c4ccccc4)c3)C[C@H]2O)n[nH]1. The molecule has 6 heteroatoms. The molecule has 1 saturated heterocycles. The third-order valence-electron chi connectivity index (χ3n) is 4.78. The largest absolute Gasteiger partial charge is 0.391 e. The number of likely N-dealkylation sites (tertiary alicyclic amines) is 1. The van der Waals surface area contributed by atoms with Gasteiger partial charge in [-0.2, -0.15) is 10.2 Å². The molecule has 0 spiro atoms. The van der Waals surface area contributed by atoms with Crippen LogP contribution in [0.1, 0.15) is 17.0 Å². The number of rotatable bonds is 5. The Labute approximate surface area is 147 Å². The molecule has 3 aromatic rings. The minimum atomic E-state index is -0.304. The van der Waals surface area contributed by atoms with Gasteiger partial charge in [0.2, 0.25) is 0 Å². The number of para-hydroxylation sites is 1. The van der Waals surface area contributed by atoms with Crippen molar-refractivity contribution in [2.75, 3.05) is 13.1 Å². The predicted octanol–water partition coefficient (Wildman–Crippen LogP) is 1.94. The van der Waals surface area contributed by atoms with Crippen molar-refractivity contribution in [1.82, 2.24) is 24.9 Å². The van der Waals surface area contributed by atoms with Crippen LogP contribution in [-0.4, -0.2) is 49.2 Å². The summed E-state index contributed by atoms with van der Waals surface area (Å²) in [4.78, 5) is 2.29. The number of aliphatic hydroxyl groups excluding tert-OH is 1. The summed E-state index contributed by atoms with van der Waals surface area (Å²) >= 11 is 0. The number of hydrogen-bond donors (Lipinski definition) is 2. The van der Waals surface area contributed by atoms with E-state index in [4.69, 9.17) is 0 Å². The van der Waals surface area contributed by atoms with Crippen LogP contribution in [0.15, 0.2) is 48.8 Å². The third kappa shape index (κ3) is 3.65. The quantitative estimate of drug-likeness (QED) is 0.746. The van der Waals surface area contributed by atoms with Crippen LogP contribution in [0.5, 0.6) is 0 Å². The highest BCUT2D eigenvalue weighted by molar-refractivity contribution is 5.30. The first-order valence-electron chi connectivity index (χ1n) is 8.67. The van der Waals surface area contributed by atoms with Gasteiger partial charge in [0.15, 0.2) is 0 Å². The molecule has 1 aliphatic rings.